The minimum atomic E-state index is -3.09. The Morgan fingerprint density at radius 1 is 1.56 bits per heavy atom. The molecule has 0 saturated carbocycles. The number of carbonyl (C=O) groups excluding carboxylic acids is 1. The summed E-state index contributed by atoms with van der Waals surface area (Å²) in [6, 6.07) is 1.49. The van der Waals surface area contributed by atoms with E-state index in [2.05, 4.69) is 26.2 Å². The molecule has 0 atom stereocenters. The number of amides is 1. The van der Waals surface area contributed by atoms with Crippen LogP contribution in [0.2, 0.25) is 0 Å². The van der Waals surface area contributed by atoms with E-state index in [9.17, 15) is 13.6 Å². The van der Waals surface area contributed by atoms with E-state index in [1.165, 1.54) is 18.5 Å². The van der Waals surface area contributed by atoms with E-state index in [0.29, 0.717) is 4.47 Å². The van der Waals surface area contributed by atoms with E-state index >= 15 is 0 Å². The molecule has 1 amide bonds. The van der Waals surface area contributed by atoms with Crippen molar-refractivity contribution in [2.75, 3.05) is 13.1 Å². The summed E-state index contributed by atoms with van der Waals surface area (Å²) in [5.74, 6) is -3.70. The topological polar surface area (TPSA) is 68.0 Å². The standard InChI is InChI=1S/C9H10BrF2N3O/c10-7-1-6(2-14-3-7)8(16)15-5-9(11,12)4-13/h1-3H,4-5,13H2,(H,15,16). The van der Waals surface area contributed by atoms with Gasteiger partial charge in [-0.25, -0.2) is 8.78 Å². The monoisotopic (exact) mass is 293 g/mol. The Morgan fingerprint density at radius 2 is 2.25 bits per heavy atom. The van der Waals surface area contributed by atoms with Crippen LogP contribution in [-0.2, 0) is 0 Å². The van der Waals surface area contributed by atoms with Crippen molar-refractivity contribution in [2.45, 2.75) is 5.92 Å². The van der Waals surface area contributed by atoms with Crippen LogP contribution in [0.3, 0.4) is 0 Å². The van der Waals surface area contributed by atoms with Crippen LogP contribution in [0.25, 0.3) is 0 Å². The molecule has 0 aliphatic carbocycles. The minimum Gasteiger partial charge on any atom is -0.346 e. The zero-order valence-electron chi connectivity index (χ0n) is 8.21. The second kappa shape index (κ2) is 5.31. The molecule has 7 heteroatoms. The maximum Gasteiger partial charge on any atom is 0.277 e. The Bertz CT molecular complexity index is 387. The van der Waals surface area contributed by atoms with Gasteiger partial charge in [-0.05, 0) is 22.0 Å². The molecule has 0 spiro atoms. The predicted octanol–water partition coefficient (Wildman–Crippen LogP) is 1.17. The molecule has 1 heterocycles. The molecule has 0 fully saturated rings. The highest BCUT2D eigenvalue weighted by Gasteiger charge is 2.27. The maximum atomic E-state index is 12.7. The van der Waals surface area contributed by atoms with Crippen molar-refractivity contribution < 1.29 is 13.6 Å². The summed E-state index contributed by atoms with van der Waals surface area (Å²) in [6.07, 6.45) is 2.78. The average molecular weight is 294 g/mol. The van der Waals surface area contributed by atoms with Crippen molar-refractivity contribution in [3.8, 4) is 0 Å². The highest BCUT2D eigenvalue weighted by molar-refractivity contribution is 9.10. The molecule has 0 unspecified atom stereocenters. The number of aromatic nitrogens is 1. The molecule has 0 saturated heterocycles. The average Bonchev–Trinajstić information content (AvgIpc) is 2.26. The van der Waals surface area contributed by atoms with Gasteiger partial charge < -0.3 is 11.1 Å². The highest BCUT2D eigenvalue weighted by atomic mass is 79.9. The summed E-state index contributed by atoms with van der Waals surface area (Å²) >= 11 is 3.12. The third kappa shape index (κ3) is 3.82. The zero-order chi connectivity index (χ0) is 12.2. The Labute approximate surface area is 99.4 Å². The number of carbonyl (C=O) groups is 1. The van der Waals surface area contributed by atoms with Crippen molar-refractivity contribution in [1.82, 2.24) is 10.3 Å². The van der Waals surface area contributed by atoms with Gasteiger partial charge in [-0.1, -0.05) is 0 Å². The quantitative estimate of drug-likeness (QED) is 0.876. The molecule has 0 bridgehead atoms. The highest BCUT2D eigenvalue weighted by Crippen LogP contribution is 2.11. The molecule has 0 radical (unpaired) electrons. The predicted molar refractivity (Wildman–Crippen MR) is 58.3 cm³/mol. The normalized spacial score (nSPS) is 11.2. The number of nitrogens with two attached hydrogens (primary N) is 1. The summed E-state index contributed by atoms with van der Waals surface area (Å²) in [5.41, 5.74) is 5.04. The van der Waals surface area contributed by atoms with Gasteiger partial charge in [-0.2, -0.15) is 0 Å². The fourth-order valence-corrected chi connectivity index (χ4v) is 1.28. The van der Waals surface area contributed by atoms with E-state index in [1.54, 1.807) is 0 Å². The molecule has 16 heavy (non-hydrogen) atoms. The molecule has 0 aromatic carbocycles. The van der Waals surface area contributed by atoms with Crippen LogP contribution in [0, 0.1) is 0 Å². The summed E-state index contributed by atoms with van der Waals surface area (Å²) in [5, 5.41) is 2.09. The SMILES string of the molecule is NCC(F)(F)CNC(=O)c1cncc(Br)c1. The number of nitrogens with zero attached hydrogens (tertiary/aromatic N) is 1. The van der Waals surface area contributed by atoms with Crippen LogP contribution < -0.4 is 11.1 Å². The number of alkyl halides is 2. The first-order valence-electron chi connectivity index (χ1n) is 4.41. The number of rotatable bonds is 4. The number of pyridine rings is 1. The number of nitrogens with one attached hydrogen (secondary N) is 1. The zero-order valence-corrected chi connectivity index (χ0v) is 9.80. The molecule has 1 aromatic rings. The van der Waals surface area contributed by atoms with Gasteiger partial charge in [0.05, 0.1) is 18.7 Å². The van der Waals surface area contributed by atoms with E-state index < -0.39 is 24.9 Å². The lowest BCUT2D eigenvalue weighted by Crippen LogP contribution is -2.41. The fourth-order valence-electron chi connectivity index (χ4n) is 0.920. The van der Waals surface area contributed by atoms with Crippen LogP contribution in [0.5, 0.6) is 0 Å². The Kier molecular flexibility index (Phi) is 4.31. The summed E-state index contributed by atoms with van der Waals surface area (Å²) in [7, 11) is 0. The first kappa shape index (κ1) is 13.0. The van der Waals surface area contributed by atoms with E-state index in [4.69, 9.17) is 5.73 Å². The van der Waals surface area contributed by atoms with Crippen LogP contribution in [0.15, 0.2) is 22.9 Å². The second-order valence-electron chi connectivity index (χ2n) is 3.13. The van der Waals surface area contributed by atoms with Crippen molar-refractivity contribution in [3.63, 3.8) is 0 Å². The van der Waals surface area contributed by atoms with Gasteiger partial charge in [0.1, 0.15) is 0 Å². The minimum absolute atomic E-state index is 0.210. The molecule has 4 nitrogen and oxygen atoms in total. The molecule has 0 aliphatic rings. The van der Waals surface area contributed by atoms with Gasteiger partial charge in [-0.15, -0.1) is 0 Å². The first-order chi connectivity index (χ1) is 7.44. The molecule has 1 aromatic heterocycles. The van der Waals surface area contributed by atoms with Crippen LogP contribution >= 0.6 is 15.9 Å². The Balaban J connectivity index is 2.60. The van der Waals surface area contributed by atoms with Gasteiger partial charge >= 0.3 is 0 Å². The molecule has 0 aliphatic heterocycles. The van der Waals surface area contributed by atoms with Crippen molar-refractivity contribution in [1.29, 1.82) is 0 Å². The van der Waals surface area contributed by atoms with Crippen LogP contribution in [0.4, 0.5) is 8.78 Å². The molecular weight excluding hydrogens is 284 g/mol. The second-order valence-corrected chi connectivity index (χ2v) is 4.05. The third-order valence-corrected chi connectivity index (χ3v) is 2.21. The number of halogens is 3. The smallest absolute Gasteiger partial charge is 0.277 e. The lowest BCUT2D eigenvalue weighted by Gasteiger charge is -2.14. The van der Waals surface area contributed by atoms with Gasteiger partial charge in [-0.3, -0.25) is 9.78 Å². The molecular formula is C9H10BrF2N3O. The fraction of sp³-hybridized carbons (Fsp3) is 0.333. The van der Waals surface area contributed by atoms with Crippen molar-refractivity contribution in [3.05, 3.63) is 28.5 Å². The summed E-state index contributed by atoms with van der Waals surface area (Å²) in [6.45, 7) is -1.58. The van der Waals surface area contributed by atoms with E-state index in [-0.39, 0.29) is 5.56 Å². The lowest BCUT2D eigenvalue weighted by atomic mass is 10.2. The number of hydrogen-bond acceptors (Lipinski definition) is 3. The lowest BCUT2D eigenvalue weighted by molar-refractivity contribution is 0.0118. The Morgan fingerprint density at radius 3 is 2.81 bits per heavy atom. The van der Waals surface area contributed by atoms with E-state index in [1.807, 2.05) is 0 Å². The van der Waals surface area contributed by atoms with E-state index in [0.717, 1.165) is 0 Å². The van der Waals surface area contributed by atoms with Gasteiger partial charge in [0.2, 0.25) is 0 Å². The summed E-state index contributed by atoms with van der Waals surface area (Å²) < 4.78 is 26.1. The van der Waals surface area contributed by atoms with Crippen LogP contribution in [0.1, 0.15) is 10.4 Å². The molecule has 3 N–H and O–H groups in total. The van der Waals surface area contributed by atoms with Gasteiger partial charge in [0.25, 0.3) is 11.8 Å². The van der Waals surface area contributed by atoms with Crippen LogP contribution in [-0.4, -0.2) is 29.9 Å². The largest absolute Gasteiger partial charge is 0.346 e. The number of hydrogen-bond donors (Lipinski definition) is 2. The summed E-state index contributed by atoms with van der Waals surface area (Å²) in [4.78, 5) is 15.2. The third-order valence-electron chi connectivity index (χ3n) is 1.77. The molecule has 88 valence electrons. The Hall–Kier alpha value is -1.08. The van der Waals surface area contributed by atoms with Crippen molar-refractivity contribution in [2.24, 2.45) is 5.73 Å². The molecule has 1 rings (SSSR count). The van der Waals surface area contributed by atoms with Crippen molar-refractivity contribution >= 4 is 21.8 Å². The van der Waals surface area contributed by atoms with Gasteiger partial charge in [0, 0.05) is 16.9 Å². The van der Waals surface area contributed by atoms with Gasteiger partial charge in [0.15, 0.2) is 0 Å². The maximum absolute atomic E-state index is 12.7. The first-order valence-corrected chi connectivity index (χ1v) is 5.20.